The van der Waals surface area contributed by atoms with Crippen LogP contribution in [0.15, 0.2) is 42.5 Å². The standard InChI is InChI=1S/C20H23ClFN3O2/c1-14(20(26)23-19-8-3-15(21)13-18(19)22)24-9-11-25(12-10-24)16-4-6-17(27-2)7-5-16/h3-8,13-14H,9-12H2,1-2H3,(H,23,26)/p+1/t14-/m1/s1. The molecule has 1 aliphatic heterocycles. The van der Waals surface area contributed by atoms with E-state index in [0.717, 1.165) is 37.6 Å². The summed E-state index contributed by atoms with van der Waals surface area (Å²) >= 11 is 5.75. The Hall–Kier alpha value is -2.31. The summed E-state index contributed by atoms with van der Waals surface area (Å²) in [6.07, 6.45) is 0. The lowest BCUT2D eigenvalue weighted by Crippen LogP contribution is -3.19. The monoisotopic (exact) mass is 392 g/mol. The quantitative estimate of drug-likeness (QED) is 0.820. The zero-order chi connectivity index (χ0) is 19.4. The van der Waals surface area contributed by atoms with E-state index < -0.39 is 5.82 Å². The fraction of sp³-hybridized carbons (Fsp3) is 0.350. The van der Waals surface area contributed by atoms with E-state index in [1.165, 1.54) is 17.0 Å². The fourth-order valence-corrected chi connectivity index (χ4v) is 3.45. The van der Waals surface area contributed by atoms with E-state index in [9.17, 15) is 9.18 Å². The van der Waals surface area contributed by atoms with Crippen LogP contribution in [0.25, 0.3) is 0 Å². The SMILES string of the molecule is COc1ccc(N2CC[NH+]([C@H](C)C(=O)Nc3ccc(Cl)cc3F)CC2)cc1. The molecule has 0 aromatic heterocycles. The third-order valence-electron chi connectivity index (χ3n) is 5.04. The van der Waals surface area contributed by atoms with Crippen LogP contribution in [-0.4, -0.2) is 45.2 Å². The van der Waals surface area contributed by atoms with Crippen molar-refractivity contribution < 1.29 is 18.8 Å². The molecular formula is C20H24ClFN3O2+. The second-order valence-electron chi connectivity index (χ2n) is 6.68. The molecule has 1 heterocycles. The highest BCUT2D eigenvalue weighted by molar-refractivity contribution is 6.30. The molecule has 0 radical (unpaired) electrons. The van der Waals surface area contributed by atoms with Gasteiger partial charge in [0.05, 0.1) is 39.0 Å². The molecule has 1 atom stereocenters. The predicted octanol–water partition coefficient (Wildman–Crippen LogP) is 2.22. The Balaban J connectivity index is 1.55. The number of nitrogens with one attached hydrogen (secondary N) is 2. The first kappa shape index (κ1) is 19.5. The molecule has 7 heteroatoms. The van der Waals surface area contributed by atoms with Gasteiger partial charge in [-0.05, 0) is 49.4 Å². The lowest BCUT2D eigenvalue weighted by molar-refractivity contribution is -0.914. The van der Waals surface area contributed by atoms with Crippen LogP contribution < -0.4 is 19.9 Å². The molecule has 1 amide bonds. The third kappa shape index (κ3) is 4.70. The Morgan fingerprint density at radius 2 is 1.89 bits per heavy atom. The number of halogens is 2. The molecular weight excluding hydrogens is 369 g/mol. The fourth-order valence-electron chi connectivity index (χ4n) is 3.30. The van der Waals surface area contributed by atoms with Gasteiger partial charge in [-0.3, -0.25) is 4.79 Å². The maximum Gasteiger partial charge on any atom is 0.282 e. The van der Waals surface area contributed by atoms with Crippen LogP contribution in [-0.2, 0) is 4.79 Å². The van der Waals surface area contributed by atoms with Gasteiger partial charge in [0.15, 0.2) is 6.04 Å². The number of amides is 1. The number of methoxy groups -OCH3 is 1. The van der Waals surface area contributed by atoms with E-state index in [2.05, 4.69) is 10.2 Å². The largest absolute Gasteiger partial charge is 0.497 e. The summed E-state index contributed by atoms with van der Waals surface area (Å²) in [5.41, 5.74) is 1.31. The van der Waals surface area contributed by atoms with Crippen LogP contribution in [0.1, 0.15) is 6.92 Å². The maximum absolute atomic E-state index is 13.9. The van der Waals surface area contributed by atoms with E-state index in [1.54, 1.807) is 13.2 Å². The first-order valence-electron chi connectivity index (χ1n) is 8.97. The lowest BCUT2D eigenvalue weighted by Gasteiger charge is -2.36. The van der Waals surface area contributed by atoms with Crippen molar-refractivity contribution in [1.82, 2.24) is 0 Å². The highest BCUT2D eigenvalue weighted by Gasteiger charge is 2.29. The van der Waals surface area contributed by atoms with Crippen molar-refractivity contribution in [2.24, 2.45) is 0 Å². The van der Waals surface area contributed by atoms with Gasteiger partial charge >= 0.3 is 0 Å². The Morgan fingerprint density at radius 1 is 1.22 bits per heavy atom. The van der Waals surface area contributed by atoms with Gasteiger partial charge in [-0.2, -0.15) is 0 Å². The smallest absolute Gasteiger partial charge is 0.282 e. The van der Waals surface area contributed by atoms with Gasteiger partial charge in [0.1, 0.15) is 11.6 Å². The van der Waals surface area contributed by atoms with Gasteiger partial charge in [0.25, 0.3) is 5.91 Å². The van der Waals surface area contributed by atoms with Gasteiger partial charge in [-0.15, -0.1) is 0 Å². The zero-order valence-electron chi connectivity index (χ0n) is 15.5. The Morgan fingerprint density at radius 3 is 2.48 bits per heavy atom. The van der Waals surface area contributed by atoms with Crippen molar-refractivity contribution in [3.8, 4) is 5.75 Å². The Bertz CT molecular complexity index is 792. The number of rotatable bonds is 5. The normalized spacial score (nSPS) is 16.1. The van der Waals surface area contributed by atoms with E-state index in [0.29, 0.717) is 5.02 Å². The van der Waals surface area contributed by atoms with Gasteiger partial charge < -0.3 is 19.9 Å². The molecule has 1 fully saturated rings. The number of hydrogen-bond donors (Lipinski definition) is 2. The van der Waals surface area contributed by atoms with Crippen molar-refractivity contribution in [2.75, 3.05) is 43.5 Å². The molecule has 3 rings (SSSR count). The minimum Gasteiger partial charge on any atom is -0.497 e. The third-order valence-corrected chi connectivity index (χ3v) is 5.27. The van der Waals surface area contributed by atoms with Gasteiger partial charge in [0.2, 0.25) is 0 Å². The molecule has 5 nitrogen and oxygen atoms in total. The average Bonchev–Trinajstić information content (AvgIpc) is 2.69. The maximum atomic E-state index is 13.9. The molecule has 0 bridgehead atoms. The van der Waals surface area contributed by atoms with Gasteiger partial charge in [-0.25, -0.2) is 4.39 Å². The number of piperazine rings is 1. The van der Waals surface area contributed by atoms with Crippen molar-refractivity contribution in [1.29, 1.82) is 0 Å². The van der Waals surface area contributed by atoms with E-state index in [4.69, 9.17) is 16.3 Å². The number of carbonyl (C=O) groups excluding carboxylic acids is 1. The second-order valence-corrected chi connectivity index (χ2v) is 7.11. The Kier molecular flexibility index (Phi) is 6.19. The van der Waals surface area contributed by atoms with Gasteiger partial charge in [-0.1, -0.05) is 11.6 Å². The molecule has 1 aliphatic rings. The summed E-state index contributed by atoms with van der Waals surface area (Å²) in [6.45, 7) is 5.26. The first-order valence-corrected chi connectivity index (χ1v) is 9.35. The molecule has 0 unspecified atom stereocenters. The number of quaternary nitrogens is 1. The van der Waals surface area contributed by atoms with Crippen molar-refractivity contribution in [2.45, 2.75) is 13.0 Å². The van der Waals surface area contributed by atoms with Gasteiger partial charge in [0, 0.05) is 10.7 Å². The topological polar surface area (TPSA) is 46.0 Å². The number of anilines is 2. The highest BCUT2D eigenvalue weighted by atomic mass is 35.5. The molecule has 2 aromatic rings. The molecule has 0 aliphatic carbocycles. The molecule has 0 saturated carbocycles. The van der Waals surface area contributed by atoms with Crippen LogP contribution in [0, 0.1) is 5.82 Å². The van der Waals surface area contributed by atoms with Crippen LogP contribution >= 0.6 is 11.6 Å². The van der Waals surface area contributed by atoms with Crippen molar-refractivity contribution in [3.63, 3.8) is 0 Å². The summed E-state index contributed by atoms with van der Waals surface area (Å²) in [6, 6.07) is 12.0. The Labute approximate surface area is 163 Å². The number of carbonyl (C=O) groups is 1. The second kappa shape index (κ2) is 8.59. The lowest BCUT2D eigenvalue weighted by atomic mass is 10.2. The predicted molar refractivity (Wildman–Crippen MR) is 105 cm³/mol. The average molecular weight is 393 g/mol. The summed E-state index contributed by atoms with van der Waals surface area (Å²) < 4.78 is 19.1. The highest BCUT2D eigenvalue weighted by Crippen LogP contribution is 2.20. The molecule has 1 saturated heterocycles. The summed E-state index contributed by atoms with van der Waals surface area (Å²) in [5.74, 6) is 0.120. The summed E-state index contributed by atoms with van der Waals surface area (Å²) in [4.78, 5) is 16.0. The zero-order valence-corrected chi connectivity index (χ0v) is 16.2. The van der Waals surface area contributed by atoms with Crippen LogP contribution in [0.5, 0.6) is 5.75 Å². The summed E-state index contributed by atoms with van der Waals surface area (Å²) in [5, 5.41) is 2.97. The van der Waals surface area contributed by atoms with Crippen LogP contribution in [0.2, 0.25) is 5.02 Å². The summed E-state index contributed by atoms with van der Waals surface area (Å²) in [7, 11) is 1.65. The number of nitrogens with zero attached hydrogens (tertiary/aromatic N) is 1. The van der Waals surface area contributed by atoms with Crippen molar-refractivity contribution in [3.05, 3.63) is 53.3 Å². The number of hydrogen-bond acceptors (Lipinski definition) is 3. The minimum absolute atomic E-state index is 0.160. The molecule has 2 aromatic carbocycles. The number of benzene rings is 2. The van der Waals surface area contributed by atoms with Crippen LogP contribution in [0.3, 0.4) is 0 Å². The molecule has 144 valence electrons. The van der Waals surface area contributed by atoms with E-state index >= 15 is 0 Å². The molecule has 2 N–H and O–H groups in total. The minimum atomic E-state index is -0.526. The molecule has 27 heavy (non-hydrogen) atoms. The molecule has 0 spiro atoms. The number of ether oxygens (including phenoxy) is 1. The van der Waals surface area contributed by atoms with Crippen LogP contribution in [0.4, 0.5) is 15.8 Å². The van der Waals surface area contributed by atoms with E-state index in [1.807, 2.05) is 31.2 Å². The van der Waals surface area contributed by atoms with E-state index in [-0.39, 0.29) is 17.6 Å². The van der Waals surface area contributed by atoms with Crippen molar-refractivity contribution >= 4 is 28.9 Å². The first-order chi connectivity index (χ1) is 13.0.